The van der Waals surface area contributed by atoms with Crippen molar-refractivity contribution in [2.75, 3.05) is 27.9 Å². The number of aliphatic hydroxyl groups is 3. The standard InChI is InChI=1S/C3H8N.3CH4O.Zr/c1-2-3-4;3*1-2;/h1-4H2;3*2H,1H3;/q-1;;;;. The van der Waals surface area contributed by atoms with E-state index in [1.54, 1.807) is 0 Å². The van der Waals surface area contributed by atoms with E-state index in [1.807, 2.05) is 0 Å². The summed E-state index contributed by atoms with van der Waals surface area (Å²) in [6.45, 7) is 4.19. The van der Waals surface area contributed by atoms with Gasteiger partial charge in [0.05, 0.1) is 0 Å². The van der Waals surface area contributed by atoms with Crippen molar-refractivity contribution in [1.29, 1.82) is 0 Å². The summed E-state index contributed by atoms with van der Waals surface area (Å²) in [7, 11) is 3.00. The minimum atomic E-state index is 0. The summed E-state index contributed by atoms with van der Waals surface area (Å²) in [5.41, 5.74) is 4.97. The summed E-state index contributed by atoms with van der Waals surface area (Å²) < 4.78 is 0. The Morgan fingerprint density at radius 2 is 1.09 bits per heavy atom. The summed E-state index contributed by atoms with van der Waals surface area (Å²) in [6.07, 6.45) is 0.847. The summed E-state index contributed by atoms with van der Waals surface area (Å²) in [6, 6.07) is 0. The Morgan fingerprint density at radius 3 is 1.09 bits per heavy atom. The third-order valence-electron chi connectivity index (χ3n) is 0.204. The van der Waals surface area contributed by atoms with E-state index in [-0.39, 0.29) is 26.2 Å². The molecule has 0 aromatic heterocycles. The average Bonchev–Trinajstić information content (AvgIpc) is 2.14. The van der Waals surface area contributed by atoms with Crippen molar-refractivity contribution in [1.82, 2.24) is 0 Å². The molecular formula is C6H20NO3Zr-. The molecular weight excluding hydrogens is 225 g/mol. The summed E-state index contributed by atoms with van der Waals surface area (Å²) in [4.78, 5) is 0. The van der Waals surface area contributed by atoms with Crippen molar-refractivity contribution >= 4 is 0 Å². The molecule has 4 nitrogen and oxygen atoms in total. The van der Waals surface area contributed by atoms with Gasteiger partial charge in [-0.25, -0.2) is 0 Å². The molecule has 72 valence electrons. The van der Waals surface area contributed by atoms with Gasteiger partial charge in [0.2, 0.25) is 0 Å². The largest absolute Gasteiger partial charge is 0.400 e. The van der Waals surface area contributed by atoms with Crippen LogP contribution in [0.5, 0.6) is 0 Å². The Morgan fingerprint density at radius 1 is 1.00 bits per heavy atom. The van der Waals surface area contributed by atoms with Gasteiger partial charge < -0.3 is 28.0 Å². The molecule has 0 fully saturated rings. The predicted octanol–water partition coefficient (Wildman–Crippen LogP) is -1.01. The second-order valence-corrected chi connectivity index (χ2v) is 0.642. The molecule has 0 rings (SSSR count). The number of aliphatic hydroxyl groups excluding tert-OH is 3. The van der Waals surface area contributed by atoms with Crippen molar-refractivity contribution in [3.63, 3.8) is 0 Å². The third kappa shape index (κ3) is 275. The van der Waals surface area contributed by atoms with Crippen LogP contribution in [0.3, 0.4) is 0 Å². The maximum absolute atomic E-state index is 7.00. The maximum Gasteiger partial charge on any atom is 0.0319 e. The molecule has 11 heavy (non-hydrogen) atoms. The Kier molecular flexibility index (Phi) is 371. The molecule has 0 aliphatic carbocycles. The van der Waals surface area contributed by atoms with Gasteiger partial charge in [-0.05, 0) is 6.54 Å². The van der Waals surface area contributed by atoms with Crippen molar-refractivity contribution in [2.24, 2.45) is 5.73 Å². The molecule has 0 aliphatic heterocycles. The molecule has 0 aromatic carbocycles. The van der Waals surface area contributed by atoms with Crippen molar-refractivity contribution < 1.29 is 41.5 Å². The summed E-state index contributed by atoms with van der Waals surface area (Å²) >= 11 is 0. The first-order valence-electron chi connectivity index (χ1n) is 2.75. The van der Waals surface area contributed by atoms with E-state index in [4.69, 9.17) is 21.1 Å². The van der Waals surface area contributed by atoms with Gasteiger partial charge in [0, 0.05) is 47.5 Å². The maximum atomic E-state index is 7.00. The Labute approximate surface area is 88.6 Å². The van der Waals surface area contributed by atoms with E-state index in [2.05, 4.69) is 6.92 Å². The zero-order chi connectivity index (χ0) is 9.41. The predicted molar refractivity (Wildman–Crippen MR) is 43.5 cm³/mol. The topological polar surface area (TPSA) is 86.7 Å². The van der Waals surface area contributed by atoms with E-state index in [0.29, 0.717) is 6.54 Å². The first kappa shape index (κ1) is 29.8. The molecule has 0 spiro atoms. The van der Waals surface area contributed by atoms with Gasteiger partial charge in [0.15, 0.2) is 0 Å². The molecule has 5 N–H and O–H groups in total. The van der Waals surface area contributed by atoms with Gasteiger partial charge in [-0.2, -0.15) is 6.42 Å². The number of rotatable bonds is 1. The molecule has 0 radical (unpaired) electrons. The Balaban J connectivity index is -0.0000000152. The fraction of sp³-hybridized carbons (Fsp3) is 0.833. The van der Waals surface area contributed by atoms with Gasteiger partial charge in [0.1, 0.15) is 0 Å². The summed E-state index contributed by atoms with van der Waals surface area (Å²) in [5.74, 6) is 0. The first-order chi connectivity index (χ1) is 4.91. The van der Waals surface area contributed by atoms with E-state index in [9.17, 15) is 0 Å². The molecule has 0 saturated heterocycles. The van der Waals surface area contributed by atoms with Crippen LogP contribution in [-0.4, -0.2) is 43.2 Å². The molecule has 0 heterocycles. The van der Waals surface area contributed by atoms with Crippen LogP contribution in [0.2, 0.25) is 0 Å². The quantitative estimate of drug-likeness (QED) is 0.446. The van der Waals surface area contributed by atoms with Gasteiger partial charge in [-0.3, -0.25) is 0 Å². The van der Waals surface area contributed by atoms with Crippen LogP contribution < -0.4 is 5.73 Å². The molecule has 0 saturated carbocycles. The van der Waals surface area contributed by atoms with E-state index < -0.39 is 0 Å². The van der Waals surface area contributed by atoms with Crippen LogP contribution in [0.15, 0.2) is 0 Å². The van der Waals surface area contributed by atoms with Crippen molar-refractivity contribution in [3.05, 3.63) is 6.92 Å². The summed E-state index contributed by atoms with van der Waals surface area (Å²) in [5, 5.41) is 21.0. The number of hydrogen-bond donors (Lipinski definition) is 4. The molecule has 5 heteroatoms. The molecule has 0 bridgehead atoms. The zero-order valence-electron chi connectivity index (χ0n) is 7.54. The third-order valence-corrected chi connectivity index (χ3v) is 0.204. The smallest absolute Gasteiger partial charge is 0.0319 e. The molecule has 0 aliphatic rings. The van der Waals surface area contributed by atoms with Gasteiger partial charge in [0.25, 0.3) is 0 Å². The van der Waals surface area contributed by atoms with Gasteiger partial charge in [-0.1, -0.05) is 0 Å². The van der Waals surface area contributed by atoms with Crippen molar-refractivity contribution in [2.45, 2.75) is 6.42 Å². The SMILES string of the molecule is CO.CO.CO.[CH2-]CCN.[Zr]. The average molecular weight is 245 g/mol. The van der Waals surface area contributed by atoms with Crippen LogP contribution in [0.4, 0.5) is 0 Å². The minimum Gasteiger partial charge on any atom is -0.400 e. The molecule has 0 unspecified atom stereocenters. The molecule has 0 amide bonds. The second kappa shape index (κ2) is 137. The Bertz CT molecular complexity index is 19.8. The van der Waals surface area contributed by atoms with Crippen LogP contribution in [0.1, 0.15) is 6.42 Å². The van der Waals surface area contributed by atoms with Crippen LogP contribution in [0.25, 0.3) is 0 Å². The van der Waals surface area contributed by atoms with E-state index in [1.165, 1.54) is 0 Å². The Hall–Kier alpha value is 0.723. The monoisotopic (exact) mass is 244 g/mol. The molecule has 0 aromatic rings. The normalized spacial score (nSPS) is 4.36. The van der Waals surface area contributed by atoms with Crippen molar-refractivity contribution in [3.8, 4) is 0 Å². The van der Waals surface area contributed by atoms with Gasteiger partial charge in [-0.15, -0.1) is 0 Å². The van der Waals surface area contributed by atoms with Crippen LogP contribution in [0, 0.1) is 6.92 Å². The zero-order valence-corrected chi connectivity index (χ0v) is 10.00. The fourth-order valence-electron chi connectivity index (χ4n) is 0. The minimum absolute atomic E-state index is 0. The number of hydrogen-bond acceptors (Lipinski definition) is 4. The molecule has 0 atom stereocenters. The van der Waals surface area contributed by atoms with Crippen LogP contribution >= 0.6 is 0 Å². The number of nitrogens with two attached hydrogens (primary N) is 1. The van der Waals surface area contributed by atoms with E-state index in [0.717, 1.165) is 27.8 Å². The van der Waals surface area contributed by atoms with E-state index >= 15 is 0 Å². The first-order valence-corrected chi connectivity index (χ1v) is 2.75. The van der Waals surface area contributed by atoms with Gasteiger partial charge >= 0.3 is 0 Å². The fourth-order valence-corrected chi connectivity index (χ4v) is 0. The van der Waals surface area contributed by atoms with Crippen LogP contribution in [-0.2, 0) is 26.2 Å². The second-order valence-electron chi connectivity index (χ2n) is 0.642.